The van der Waals surface area contributed by atoms with Gasteiger partial charge in [0.25, 0.3) is 5.91 Å². The summed E-state index contributed by atoms with van der Waals surface area (Å²) >= 11 is 1.90. The maximum Gasteiger partial charge on any atom is 0.254 e. The Morgan fingerprint density at radius 2 is 2.18 bits per heavy atom. The zero-order valence-electron chi connectivity index (χ0n) is 13.2. The van der Waals surface area contributed by atoms with E-state index in [2.05, 4.69) is 13.8 Å². The van der Waals surface area contributed by atoms with Crippen molar-refractivity contribution in [3.63, 3.8) is 0 Å². The van der Waals surface area contributed by atoms with E-state index in [4.69, 9.17) is 14.6 Å². The van der Waals surface area contributed by atoms with Crippen LogP contribution in [0.15, 0.2) is 18.2 Å². The van der Waals surface area contributed by atoms with Crippen molar-refractivity contribution in [3.8, 4) is 11.5 Å². The first-order valence-electron chi connectivity index (χ1n) is 7.42. The van der Waals surface area contributed by atoms with E-state index < -0.39 is 0 Å². The number of ether oxygens (including phenoxy) is 2. The van der Waals surface area contributed by atoms with E-state index in [9.17, 15) is 4.79 Å². The summed E-state index contributed by atoms with van der Waals surface area (Å²) < 4.78 is 10.7. The molecule has 0 saturated carbocycles. The summed E-state index contributed by atoms with van der Waals surface area (Å²) in [5, 5.41) is 9.33. The van der Waals surface area contributed by atoms with Gasteiger partial charge in [0, 0.05) is 29.2 Å². The molecule has 6 heteroatoms. The average molecular weight is 325 g/mol. The molecule has 2 rings (SSSR count). The van der Waals surface area contributed by atoms with Crippen LogP contribution in [-0.2, 0) is 0 Å². The molecular weight excluding hydrogens is 302 g/mol. The Morgan fingerprint density at radius 3 is 2.86 bits per heavy atom. The highest BCUT2D eigenvalue weighted by Gasteiger charge is 2.29. The third-order valence-electron chi connectivity index (χ3n) is 3.90. The third kappa shape index (κ3) is 3.67. The zero-order valence-corrected chi connectivity index (χ0v) is 14.1. The first-order chi connectivity index (χ1) is 10.6. The van der Waals surface area contributed by atoms with E-state index in [-0.39, 0.29) is 25.2 Å². The maximum absolute atomic E-state index is 12.8. The van der Waals surface area contributed by atoms with Crippen LogP contribution in [0.4, 0.5) is 0 Å². The Hall–Kier alpha value is -1.40. The number of carbonyl (C=O) groups excluding carboxylic acids is 1. The van der Waals surface area contributed by atoms with Crippen LogP contribution in [-0.4, -0.2) is 59.8 Å². The fourth-order valence-electron chi connectivity index (χ4n) is 2.46. The first kappa shape index (κ1) is 17.0. The molecular formula is C16H23NO4S. The lowest BCUT2D eigenvalue weighted by atomic mass is 10.1. The van der Waals surface area contributed by atoms with Crippen LogP contribution in [0.3, 0.4) is 0 Å². The number of methoxy groups -OCH3 is 1. The third-order valence-corrected chi connectivity index (χ3v) is 5.24. The molecule has 2 unspecified atom stereocenters. The molecule has 0 bridgehead atoms. The van der Waals surface area contributed by atoms with E-state index in [0.29, 0.717) is 22.3 Å². The van der Waals surface area contributed by atoms with E-state index in [1.165, 1.54) is 0 Å². The average Bonchev–Trinajstić information content (AvgIpc) is 2.54. The summed E-state index contributed by atoms with van der Waals surface area (Å²) in [6.45, 7) is 5.08. The minimum Gasteiger partial charge on any atom is -0.493 e. The van der Waals surface area contributed by atoms with E-state index >= 15 is 0 Å². The van der Waals surface area contributed by atoms with Crippen molar-refractivity contribution in [2.24, 2.45) is 0 Å². The van der Waals surface area contributed by atoms with Gasteiger partial charge < -0.3 is 19.5 Å². The summed E-state index contributed by atoms with van der Waals surface area (Å²) in [6.07, 6.45) is 0. The molecule has 1 aliphatic rings. The lowest BCUT2D eigenvalue weighted by molar-refractivity contribution is 0.0697. The number of rotatable bonds is 5. The number of hydrogen-bond donors (Lipinski definition) is 1. The Bertz CT molecular complexity index is 523. The number of aliphatic hydroxyl groups is 1. The van der Waals surface area contributed by atoms with Crippen molar-refractivity contribution >= 4 is 17.7 Å². The van der Waals surface area contributed by atoms with Gasteiger partial charge in [0.15, 0.2) is 11.5 Å². The SMILES string of the molecule is COc1ccc(C(=O)N2CCSC(C)C2C)cc1OCCO. The van der Waals surface area contributed by atoms with Crippen LogP contribution in [0, 0.1) is 0 Å². The van der Waals surface area contributed by atoms with Crippen LogP contribution in [0.25, 0.3) is 0 Å². The highest BCUT2D eigenvalue weighted by Crippen LogP contribution is 2.30. The van der Waals surface area contributed by atoms with Gasteiger partial charge in [-0.2, -0.15) is 11.8 Å². The van der Waals surface area contributed by atoms with Crippen molar-refractivity contribution in [3.05, 3.63) is 23.8 Å². The molecule has 22 heavy (non-hydrogen) atoms. The lowest BCUT2D eigenvalue weighted by Gasteiger charge is -2.37. The largest absolute Gasteiger partial charge is 0.493 e. The van der Waals surface area contributed by atoms with Crippen molar-refractivity contribution in [2.45, 2.75) is 25.1 Å². The highest BCUT2D eigenvalue weighted by molar-refractivity contribution is 8.00. The second kappa shape index (κ2) is 7.74. The van der Waals surface area contributed by atoms with Crippen molar-refractivity contribution < 1.29 is 19.4 Å². The van der Waals surface area contributed by atoms with Crippen LogP contribution < -0.4 is 9.47 Å². The number of carbonyl (C=O) groups is 1. The predicted octanol–water partition coefficient (Wildman–Crippen LogP) is 2.03. The van der Waals surface area contributed by atoms with Gasteiger partial charge in [-0.25, -0.2) is 0 Å². The molecule has 2 atom stereocenters. The smallest absolute Gasteiger partial charge is 0.254 e. The highest BCUT2D eigenvalue weighted by atomic mass is 32.2. The monoisotopic (exact) mass is 325 g/mol. The van der Waals surface area contributed by atoms with Crippen LogP contribution in [0.2, 0.25) is 0 Å². The standard InChI is InChI=1S/C16H23NO4S/c1-11-12(2)22-9-6-17(11)16(19)13-4-5-14(20-3)15(10-13)21-8-7-18/h4-5,10-12,18H,6-9H2,1-3H3. The normalized spacial score (nSPS) is 21.5. The van der Waals surface area contributed by atoms with E-state index in [1.54, 1.807) is 25.3 Å². The first-order valence-corrected chi connectivity index (χ1v) is 8.47. The molecule has 1 fully saturated rings. The Labute approximate surface area is 135 Å². The fraction of sp³-hybridized carbons (Fsp3) is 0.562. The number of benzene rings is 1. The maximum atomic E-state index is 12.8. The summed E-state index contributed by atoms with van der Waals surface area (Å²) in [5.41, 5.74) is 0.583. The molecule has 1 aliphatic heterocycles. The van der Waals surface area contributed by atoms with Gasteiger partial charge in [0.2, 0.25) is 0 Å². The van der Waals surface area contributed by atoms with Crippen LogP contribution in [0.5, 0.6) is 11.5 Å². The van der Waals surface area contributed by atoms with Crippen LogP contribution in [0.1, 0.15) is 24.2 Å². The number of aliphatic hydroxyl groups excluding tert-OH is 1. The van der Waals surface area contributed by atoms with Gasteiger partial charge in [-0.15, -0.1) is 0 Å². The molecule has 0 aliphatic carbocycles. The number of nitrogens with zero attached hydrogens (tertiary/aromatic N) is 1. The molecule has 0 spiro atoms. The Kier molecular flexibility index (Phi) is 5.97. The van der Waals surface area contributed by atoms with Gasteiger partial charge in [0.1, 0.15) is 6.61 Å². The molecule has 1 amide bonds. The van der Waals surface area contributed by atoms with Crippen molar-refractivity contribution in [2.75, 3.05) is 32.6 Å². The summed E-state index contributed by atoms with van der Waals surface area (Å²) in [7, 11) is 1.55. The molecule has 1 aromatic rings. The Balaban J connectivity index is 2.21. The molecule has 0 radical (unpaired) electrons. The molecule has 1 saturated heterocycles. The number of amides is 1. The topological polar surface area (TPSA) is 59.0 Å². The summed E-state index contributed by atoms with van der Waals surface area (Å²) in [6, 6.07) is 5.38. The minimum atomic E-state index is -0.0841. The molecule has 0 aromatic heterocycles. The quantitative estimate of drug-likeness (QED) is 0.898. The molecule has 1 N–H and O–H groups in total. The van der Waals surface area contributed by atoms with Gasteiger partial charge in [-0.05, 0) is 25.1 Å². The van der Waals surface area contributed by atoms with Crippen molar-refractivity contribution in [1.82, 2.24) is 4.90 Å². The number of hydrogen-bond acceptors (Lipinski definition) is 5. The van der Waals surface area contributed by atoms with Gasteiger partial charge in [-0.3, -0.25) is 4.79 Å². The second-order valence-electron chi connectivity index (χ2n) is 5.25. The van der Waals surface area contributed by atoms with Crippen LogP contribution >= 0.6 is 11.8 Å². The molecule has 1 heterocycles. The molecule has 5 nitrogen and oxygen atoms in total. The van der Waals surface area contributed by atoms with E-state index in [0.717, 1.165) is 12.3 Å². The zero-order chi connectivity index (χ0) is 16.1. The van der Waals surface area contributed by atoms with Gasteiger partial charge >= 0.3 is 0 Å². The minimum absolute atomic E-state index is 0.0103. The predicted molar refractivity (Wildman–Crippen MR) is 88.0 cm³/mol. The summed E-state index contributed by atoms with van der Waals surface area (Å²) in [4.78, 5) is 14.7. The lowest BCUT2D eigenvalue weighted by Crippen LogP contribution is -2.47. The molecule has 122 valence electrons. The number of thioether (sulfide) groups is 1. The van der Waals surface area contributed by atoms with Crippen molar-refractivity contribution in [1.29, 1.82) is 0 Å². The fourth-order valence-corrected chi connectivity index (χ4v) is 3.56. The molecule has 1 aromatic carbocycles. The van der Waals surface area contributed by atoms with E-state index in [1.807, 2.05) is 16.7 Å². The Morgan fingerprint density at radius 1 is 1.41 bits per heavy atom. The van der Waals surface area contributed by atoms with Gasteiger partial charge in [0.05, 0.1) is 13.7 Å². The second-order valence-corrected chi connectivity index (χ2v) is 6.74. The van der Waals surface area contributed by atoms with Gasteiger partial charge in [-0.1, -0.05) is 6.92 Å². The summed E-state index contributed by atoms with van der Waals surface area (Å²) in [5.74, 6) is 2.01.